The number of carbonyl (C=O) groups excluding carboxylic acids is 1. The molecule has 0 aliphatic rings. The minimum Gasteiger partial charge on any atom is -0.469 e. The van der Waals surface area contributed by atoms with Gasteiger partial charge in [-0.3, -0.25) is 4.79 Å². The van der Waals surface area contributed by atoms with Crippen LogP contribution in [0, 0.1) is 0 Å². The zero-order valence-corrected chi connectivity index (χ0v) is 11.5. The second-order valence-electron chi connectivity index (χ2n) is 3.48. The Labute approximate surface area is 109 Å². The Morgan fingerprint density at radius 2 is 2.19 bits per heavy atom. The largest absolute Gasteiger partial charge is 0.469 e. The molecule has 0 radical (unpaired) electrons. The van der Waals surface area contributed by atoms with Gasteiger partial charge in [0.2, 0.25) is 0 Å². The number of hydrogen-bond acceptors (Lipinski definition) is 2. The third-order valence-corrected chi connectivity index (χ3v) is 3.44. The Kier molecular flexibility index (Phi) is 5.85. The molecule has 88 valence electrons. The molecule has 0 amide bonds. The number of rotatable bonds is 5. The standard InChI is InChI=1S/C12H14BrClO2/c1-16-12(15)8-3-2-5-9-10(13)6-4-7-11(9)14/h4,6-7H,2-3,5,8H2,1H3. The van der Waals surface area contributed by atoms with E-state index in [2.05, 4.69) is 20.7 Å². The van der Waals surface area contributed by atoms with Crippen LogP contribution < -0.4 is 0 Å². The number of unbranched alkanes of at least 4 members (excludes halogenated alkanes) is 1. The maximum atomic E-state index is 10.9. The van der Waals surface area contributed by atoms with Crippen molar-refractivity contribution >= 4 is 33.5 Å². The average Bonchev–Trinajstić information content (AvgIpc) is 2.27. The van der Waals surface area contributed by atoms with E-state index in [-0.39, 0.29) is 5.97 Å². The molecular weight excluding hydrogens is 291 g/mol. The molecule has 0 unspecified atom stereocenters. The first-order valence-corrected chi connectivity index (χ1v) is 6.32. The fourth-order valence-electron chi connectivity index (χ4n) is 1.44. The van der Waals surface area contributed by atoms with E-state index in [1.807, 2.05) is 18.2 Å². The highest BCUT2D eigenvalue weighted by molar-refractivity contribution is 9.10. The molecule has 0 saturated carbocycles. The molecule has 0 bridgehead atoms. The van der Waals surface area contributed by atoms with Gasteiger partial charge < -0.3 is 4.74 Å². The molecule has 4 heteroatoms. The fourth-order valence-corrected chi connectivity index (χ4v) is 2.39. The highest BCUT2D eigenvalue weighted by Crippen LogP contribution is 2.26. The summed E-state index contributed by atoms with van der Waals surface area (Å²) in [4.78, 5) is 10.9. The first-order valence-electron chi connectivity index (χ1n) is 5.15. The van der Waals surface area contributed by atoms with Crippen LogP contribution in [0.25, 0.3) is 0 Å². The molecule has 1 aromatic carbocycles. The van der Waals surface area contributed by atoms with Crippen LogP contribution in [0.2, 0.25) is 5.02 Å². The topological polar surface area (TPSA) is 26.3 Å². The molecule has 16 heavy (non-hydrogen) atoms. The predicted molar refractivity (Wildman–Crippen MR) is 68.7 cm³/mol. The number of halogens is 2. The van der Waals surface area contributed by atoms with Gasteiger partial charge in [0.25, 0.3) is 0 Å². The average molecular weight is 306 g/mol. The van der Waals surface area contributed by atoms with Gasteiger partial charge in [-0.2, -0.15) is 0 Å². The molecule has 1 rings (SSSR count). The zero-order chi connectivity index (χ0) is 12.0. The zero-order valence-electron chi connectivity index (χ0n) is 9.13. The molecule has 2 nitrogen and oxygen atoms in total. The van der Waals surface area contributed by atoms with Gasteiger partial charge in [0.1, 0.15) is 0 Å². The molecule has 0 N–H and O–H groups in total. The van der Waals surface area contributed by atoms with E-state index in [9.17, 15) is 4.79 Å². The van der Waals surface area contributed by atoms with Crippen molar-refractivity contribution in [2.75, 3.05) is 7.11 Å². The lowest BCUT2D eigenvalue weighted by molar-refractivity contribution is -0.140. The first kappa shape index (κ1) is 13.5. The lowest BCUT2D eigenvalue weighted by Gasteiger charge is -2.06. The third-order valence-electron chi connectivity index (χ3n) is 2.35. The van der Waals surface area contributed by atoms with E-state index in [0.717, 1.165) is 34.3 Å². The van der Waals surface area contributed by atoms with Crippen molar-refractivity contribution in [2.45, 2.75) is 25.7 Å². The molecule has 0 spiro atoms. The monoisotopic (exact) mass is 304 g/mol. The molecule has 0 aromatic heterocycles. The Hall–Kier alpha value is -0.540. The molecular formula is C12H14BrClO2. The van der Waals surface area contributed by atoms with Crippen molar-refractivity contribution in [2.24, 2.45) is 0 Å². The number of benzene rings is 1. The molecule has 0 fully saturated rings. The molecule has 1 aromatic rings. The smallest absolute Gasteiger partial charge is 0.305 e. The third kappa shape index (κ3) is 4.14. The van der Waals surface area contributed by atoms with Crippen LogP contribution in [0.15, 0.2) is 22.7 Å². The Morgan fingerprint density at radius 1 is 1.44 bits per heavy atom. The van der Waals surface area contributed by atoms with Gasteiger partial charge in [0.15, 0.2) is 0 Å². The van der Waals surface area contributed by atoms with Crippen molar-refractivity contribution < 1.29 is 9.53 Å². The number of hydrogen-bond donors (Lipinski definition) is 0. The van der Waals surface area contributed by atoms with Crippen LogP contribution in [-0.4, -0.2) is 13.1 Å². The van der Waals surface area contributed by atoms with E-state index in [0.29, 0.717) is 6.42 Å². The first-order chi connectivity index (χ1) is 7.65. The summed E-state index contributed by atoms with van der Waals surface area (Å²) in [7, 11) is 1.41. The van der Waals surface area contributed by atoms with Gasteiger partial charge >= 0.3 is 5.97 Å². The summed E-state index contributed by atoms with van der Waals surface area (Å²) in [5.41, 5.74) is 1.11. The molecule has 0 aliphatic heterocycles. The summed E-state index contributed by atoms with van der Waals surface area (Å²) < 4.78 is 5.60. The number of carbonyl (C=O) groups is 1. The summed E-state index contributed by atoms with van der Waals surface area (Å²) in [6, 6.07) is 5.76. The van der Waals surface area contributed by atoms with E-state index in [1.165, 1.54) is 7.11 Å². The Bertz CT molecular complexity index is 346. The van der Waals surface area contributed by atoms with Gasteiger partial charge in [-0.25, -0.2) is 0 Å². The quantitative estimate of drug-likeness (QED) is 0.607. The van der Waals surface area contributed by atoms with Crippen LogP contribution in [0.1, 0.15) is 24.8 Å². The SMILES string of the molecule is COC(=O)CCCCc1c(Cl)cccc1Br. The molecule has 0 atom stereocenters. The minimum atomic E-state index is -0.154. The van der Waals surface area contributed by atoms with Crippen LogP contribution in [0.3, 0.4) is 0 Å². The lowest BCUT2D eigenvalue weighted by Crippen LogP contribution is -2.00. The summed E-state index contributed by atoms with van der Waals surface area (Å²) in [5, 5.41) is 0.771. The Morgan fingerprint density at radius 3 is 2.81 bits per heavy atom. The van der Waals surface area contributed by atoms with Crippen LogP contribution in [0.5, 0.6) is 0 Å². The minimum absolute atomic E-state index is 0.154. The number of esters is 1. The van der Waals surface area contributed by atoms with E-state index in [1.54, 1.807) is 0 Å². The molecule has 0 heterocycles. The van der Waals surface area contributed by atoms with Gasteiger partial charge in [-0.1, -0.05) is 33.6 Å². The summed E-state index contributed by atoms with van der Waals surface area (Å²) in [5.74, 6) is -0.154. The molecule has 0 aliphatic carbocycles. The summed E-state index contributed by atoms with van der Waals surface area (Å²) in [6.07, 6.45) is 3.09. The van der Waals surface area contributed by atoms with E-state index < -0.39 is 0 Å². The van der Waals surface area contributed by atoms with Gasteiger partial charge in [-0.15, -0.1) is 0 Å². The predicted octanol–water partition coefficient (Wildman–Crippen LogP) is 3.99. The van der Waals surface area contributed by atoms with Crippen molar-refractivity contribution in [3.63, 3.8) is 0 Å². The van der Waals surface area contributed by atoms with Crippen LogP contribution in [0.4, 0.5) is 0 Å². The number of ether oxygens (including phenoxy) is 1. The summed E-state index contributed by atoms with van der Waals surface area (Å²) in [6.45, 7) is 0. The summed E-state index contributed by atoms with van der Waals surface area (Å²) >= 11 is 9.54. The van der Waals surface area contributed by atoms with Crippen molar-refractivity contribution in [3.8, 4) is 0 Å². The maximum absolute atomic E-state index is 10.9. The van der Waals surface area contributed by atoms with E-state index >= 15 is 0 Å². The van der Waals surface area contributed by atoms with Crippen LogP contribution >= 0.6 is 27.5 Å². The second-order valence-corrected chi connectivity index (χ2v) is 4.74. The van der Waals surface area contributed by atoms with Gasteiger partial charge in [0.05, 0.1) is 7.11 Å². The van der Waals surface area contributed by atoms with Gasteiger partial charge in [-0.05, 0) is 37.0 Å². The van der Waals surface area contributed by atoms with Gasteiger partial charge in [0, 0.05) is 15.9 Å². The maximum Gasteiger partial charge on any atom is 0.305 e. The van der Waals surface area contributed by atoms with Crippen molar-refractivity contribution in [1.29, 1.82) is 0 Å². The fraction of sp³-hybridized carbons (Fsp3) is 0.417. The normalized spacial score (nSPS) is 10.2. The lowest BCUT2D eigenvalue weighted by atomic mass is 10.1. The van der Waals surface area contributed by atoms with Crippen LogP contribution in [-0.2, 0) is 16.0 Å². The molecule has 0 saturated heterocycles. The second kappa shape index (κ2) is 6.92. The highest BCUT2D eigenvalue weighted by Gasteiger charge is 2.05. The van der Waals surface area contributed by atoms with Crippen molar-refractivity contribution in [1.82, 2.24) is 0 Å². The van der Waals surface area contributed by atoms with E-state index in [4.69, 9.17) is 11.6 Å². The highest BCUT2D eigenvalue weighted by atomic mass is 79.9. The van der Waals surface area contributed by atoms with Crippen molar-refractivity contribution in [3.05, 3.63) is 33.3 Å². The Balaban J connectivity index is 2.40. The number of methoxy groups -OCH3 is 1.